The van der Waals surface area contributed by atoms with Crippen LogP contribution < -0.4 is 10.6 Å². The Balaban J connectivity index is 1.98. The van der Waals surface area contributed by atoms with Crippen LogP contribution in [0.25, 0.3) is 0 Å². The second-order valence-corrected chi connectivity index (χ2v) is 4.71. The van der Waals surface area contributed by atoms with Crippen LogP contribution >= 0.6 is 0 Å². The quantitative estimate of drug-likeness (QED) is 0.795. The fraction of sp³-hybridized carbons (Fsp3) is 0.750. The standard InChI is InChI=1S/C12H21N5O/c1-3-9(2)12(18)14-8-11-16-15-10-4-5-13-6-7-17(10)11/h9,13H,3-8H2,1-2H3,(H,14,18)/t9-/m1/s1. The summed E-state index contributed by atoms with van der Waals surface area (Å²) in [7, 11) is 0. The molecular weight excluding hydrogens is 230 g/mol. The van der Waals surface area contributed by atoms with E-state index in [9.17, 15) is 4.79 Å². The minimum absolute atomic E-state index is 0.0539. The highest BCUT2D eigenvalue weighted by Gasteiger charge is 2.16. The second kappa shape index (κ2) is 5.95. The van der Waals surface area contributed by atoms with Crippen molar-refractivity contribution in [3.05, 3.63) is 11.6 Å². The van der Waals surface area contributed by atoms with E-state index in [0.717, 1.165) is 44.1 Å². The Morgan fingerprint density at radius 2 is 2.33 bits per heavy atom. The number of carbonyl (C=O) groups excluding carboxylic acids is 1. The molecule has 1 aromatic rings. The van der Waals surface area contributed by atoms with Gasteiger partial charge in [0.05, 0.1) is 6.54 Å². The maximum Gasteiger partial charge on any atom is 0.223 e. The van der Waals surface area contributed by atoms with Gasteiger partial charge in [0.15, 0.2) is 5.82 Å². The van der Waals surface area contributed by atoms with Gasteiger partial charge < -0.3 is 15.2 Å². The molecule has 0 unspecified atom stereocenters. The lowest BCUT2D eigenvalue weighted by Crippen LogP contribution is -2.30. The molecule has 0 bridgehead atoms. The Morgan fingerprint density at radius 3 is 3.11 bits per heavy atom. The van der Waals surface area contributed by atoms with Crippen molar-refractivity contribution < 1.29 is 4.79 Å². The van der Waals surface area contributed by atoms with Crippen LogP contribution in [0.2, 0.25) is 0 Å². The monoisotopic (exact) mass is 251 g/mol. The molecule has 18 heavy (non-hydrogen) atoms. The van der Waals surface area contributed by atoms with Gasteiger partial charge in [-0.2, -0.15) is 0 Å². The molecule has 0 saturated carbocycles. The van der Waals surface area contributed by atoms with Crippen molar-refractivity contribution in [2.24, 2.45) is 5.92 Å². The van der Waals surface area contributed by atoms with Gasteiger partial charge in [-0.25, -0.2) is 0 Å². The Labute approximate surface area is 107 Å². The summed E-state index contributed by atoms with van der Waals surface area (Å²) in [6, 6.07) is 0. The molecule has 0 aromatic carbocycles. The molecular formula is C12H21N5O. The molecule has 100 valence electrons. The van der Waals surface area contributed by atoms with E-state index in [2.05, 4.69) is 25.4 Å². The molecule has 1 atom stereocenters. The molecule has 1 amide bonds. The molecule has 6 nitrogen and oxygen atoms in total. The minimum Gasteiger partial charge on any atom is -0.349 e. The smallest absolute Gasteiger partial charge is 0.223 e. The Kier molecular flexibility index (Phi) is 4.30. The van der Waals surface area contributed by atoms with Gasteiger partial charge in [0, 0.05) is 32.0 Å². The first-order chi connectivity index (χ1) is 8.72. The van der Waals surface area contributed by atoms with Crippen LogP contribution in [0.1, 0.15) is 31.9 Å². The van der Waals surface area contributed by atoms with Gasteiger partial charge >= 0.3 is 0 Å². The third-order valence-electron chi connectivity index (χ3n) is 3.42. The maximum atomic E-state index is 11.7. The molecule has 0 spiro atoms. The van der Waals surface area contributed by atoms with E-state index in [0.29, 0.717) is 6.54 Å². The average Bonchev–Trinajstić information content (AvgIpc) is 2.62. The summed E-state index contributed by atoms with van der Waals surface area (Å²) >= 11 is 0. The van der Waals surface area contributed by atoms with Crippen molar-refractivity contribution in [3.8, 4) is 0 Å². The van der Waals surface area contributed by atoms with Gasteiger partial charge in [0.25, 0.3) is 0 Å². The lowest BCUT2D eigenvalue weighted by Gasteiger charge is -2.10. The van der Waals surface area contributed by atoms with Crippen molar-refractivity contribution in [2.75, 3.05) is 13.1 Å². The summed E-state index contributed by atoms with van der Waals surface area (Å²) in [5.74, 6) is 2.00. The predicted molar refractivity (Wildman–Crippen MR) is 67.9 cm³/mol. The lowest BCUT2D eigenvalue weighted by atomic mass is 10.1. The molecule has 1 aliphatic rings. The molecule has 1 aliphatic heterocycles. The molecule has 6 heteroatoms. The molecule has 2 heterocycles. The van der Waals surface area contributed by atoms with Crippen LogP contribution in [0.15, 0.2) is 0 Å². The van der Waals surface area contributed by atoms with Crippen LogP contribution in [0, 0.1) is 5.92 Å². The minimum atomic E-state index is 0.0539. The first kappa shape index (κ1) is 13.0. The molecule has 1 aromatic heterocycles. The Bertz CT molecular complexity index is 415. The molecule has 0 radical (unpaired) electrons. The highest BCUT2D eigenvalue weighted by molar-refractivity contribution is 5.78. The summed E-state index contributed by atoms with van der Waals surface area (Å²) in [6.45, 7) is 7.16. The number of nitrogens with one attached hydrogen (secondary N) is 2. The van der Waals surface area contributed by atoms with Crippen molar-refractivity contribution in [1.82, 2.24) is 25.4 Å². The fourth-order valence-electron chi connectivity index (χ4n) is 1.99. The maximum absolute atomic E-state index is 11.7. The van der Waals surface area contributed by atoms with Crippen LogP contribution in [0.4, 0.5) is 0 Å². The summed E-state index contributed by atoms with van der Waals surface area (Å²) in [6.07, 6.45) is 1.75. The first-order valence-electron chi connectivity index (χ1n) is 6.61. The zero-order valence-corrected chi connectivity index (χ0v) is 11.1. The third-order valence-corrected chi connectivity index (χ3v) is 3.42. The van der Waals surface area contributed by atoms with Crippen molar-refractivity contribution >= 4 is 5.91 Å². The van der Waals surface area contributed by atoms with Gasteiger partial charge in [-0.05, 0) is 6.42 Å². The first-order valence-corrected chi connectivity index (χ1v) is 6.61. The van der Waals surface area contributed by atoms with Crippen LogP contribution in [0.3, 0.4) is 0 Å². The van der Waals surface area contributed by atoms with Crippen molar-refractivity contribution in [3.63, 3.8) is 0 Å². The highest BCUT2D eigenvalue weighted by Crippen LogP contribution is 2.06. The van der Waals surface area contributed by atoms with Gasteiger partial charge in [0.2, 0.25) is 5.91 Å². The molecule has 2 rings (SSSR count). The molecule has 0 aliphatic carbocycles. The zero-order chi connectivity index (χ0) is 13.0. The number of nitrogens with zero attached hydrogens (tertiary/aromatic N) is 3. The summed E-state index contributed by atoms with van der Waals surface area (Å²) in [4.78, 5) is 11.7. The number of amides is 1. The van der Waals surface area contributed by atoms with Gasteiger partial charge in [-0.15, -0.1) is 10.2 Å². The summed E-state index contributed by atoms with van der Waals surface area (Å²) in [5, 5.41) is 14.6. The molecule has 2 N–H and O–H groups in total. The van der Waals surface area contributed by atoms with Crippen LogP contribution in [0.5, 0.6) is 0 Å². The number of hydrogen-bond donors (Lipinski definition) is 2. The highest BCUT2D eigenvalue weighted by atomic mass is 16.1. The molecule has 0 saturated heterocycles. The van der Waals surface area contributed by atoms with Crippen LogP contribution in [-0.4, -0.2) is 33.8 Å². The van der Waals surface area contributed by atoms with Gasteiger partial charge in [-0.1, -0.05) is 13.8 Å². The lowest BCUT2D eigenvalue weighted by molar-refractivity contribution is -0.124. The number of hydrogen-bond acceptors (Lipinski definition) is 4. The number of aromatic nitrogens is 3. The van der Waals surface area contributed by atoms with Crippen LogP contribution in [-0.2, 0) is 24.3 Å². The number of rotatable bonds is 4. The predicted octanol–water partition coefficient (Wildman–Crippen LogP) is 0.0861. The Hall–Kier alpha value is -1.43. The van der Waals surface area contributed by atoms with E-state index >= 15 is 0 Å². The number of carbonyl (C=O) groups is 1. The van der Waals surface area contributed by atoms with Gasteiger partial charge in [-0.3, -0.25) is 4.79 Å². The zero-order valence-electron chi connectivity index (χ0n) is 11.1. The summed E-state index contributed by atoms with van der Waals surface area (Å²) < 4.78 is 2.11. The SMILES string of the molecule is CC[C@@H](C)C(=O)NCc1nnc2n1CCNCC2. The molecule has 0 fully saturated rings. The normalized spacial score (nSPS) is 16.8. The van der Waals surface area contributed by atoms with E-state index in [4.69, 9.17) is 0 Å². The van der Waals surface area contributed by atoms with Crippen molar-refractivity contribution in [2.45, 2.75) is 39.8 Å². The average molecular weight is 251 g/mol. The van der Waals surface area contributed by atoms with E-state index < -0.39 is 0 Å². The fourth-order valence-corrected chi connectivity index (χ4v) is 1.99. The van der Waals surface area contributed by atoms with E-state index in [1.54, 1.807) is 0 Å². The van der Waals surface area contributed by atoms with E-state index in [1.165, 1.54) is 0 Å². The Morgan fingerprint density at radius 1 is 1.50 bits per heavy atom. The third kappa shape index (κ3) is 2.87. The second-order valence-electron chi connectivity index (χ2n) is 4.71. The topological polar surface area (TPSA) is 71.8 Å². The van der Waals surface area contributed by atoms with E-state index in [-0.39, 0.29) is 11.8 Å². The number of fused-ring (bicyclic) bond motifs is 1. The van der Waals surface area contributed by atoms with E-state index in [1.807, 2.05) is 13.8 Å². The van der Waals surface area contributed by atoms with Crippen molar-refractivity contribution in [1.29, 1.82) is 0 Å². The van der Waals surface area contributed by atoms with Gasteiger partial charge in [0.1, 0.15) is 5.82 Å². The summed E-state index contributed by atoms with van der Waals surface area (Å²) in [5.41, 5.74) is 0. The largest absolute Gasteiger partial charge is 0.349 e.